The van der Waals surface area contributed by atoms with Crippen molar-refractivity contribution in [3.63, 3.8) is 0 Å². The lowest BCUT2D eigenvalue weighted by Gasteiger charge is -2.35. The Kier molecular flexibility index (Phi) is 4.64. The summed E-state index contributed by atoms with van der Waals surface area (Å²) in [5, 5.41) is 3.26. The molecule has 2 saturated carbocycles. The van der Waals surface area contributed by atoms with E-state index in [1.165, 1.54) is 19.3 Å². The smallest absolute Gasteiger partial charge is 0.226 e. The number of likely N-dealkylation sites (tertiary alicyclic amines) is 1. The molecule has 132 valence electrons. The van der Waals surface area contributed by atoms with Crippen LogP contribution in [-0.2, 0) is 9.59 Å². The molecular weight excluding hydrogens is 300 g/mol. The summed E-state index contributed by atoms with van der Waals surface area (Å²) in [5.74, 6) is 1.76. The average molecular weight is 330 g/mol. The lowest BCUT2D eigenvalue weighted by atomic mass is 9.89. The molecule has 1 N–H and O–H groups in total. The van der Waals surface area contributed by atoms with Gasteiger partial charge in [0.15, 0.2) is 0 Å². The number of allylic oxidation sites excluding steroid dienone is 2. The van der Waals surface area contributed by atoms with Crippen LogP contribution in [0.2, 0.25) is 0 Å². The summed E-state index contributed by atoms with van der Waals surface area (Å²) in [7, 11) is 0. The molecule has 1 saturated heterocycles. The highest BCUT2D eigenvalue weighted by Crippen LogP contribution is 2.44. The maximum atomic E-state index is 12.9. The molecule has 0 radical (unpaired) electrons. The molecule has 24 heavy (non-hydrogen) atoms. The molecule has 4 heteroatoms. The number of nitrogens with one attached hydrogen (secondary N) is 1. The summed E-state index contributed by atoms with van der Waals surface area (Å²) in [5.41, 5.74) is 0. The molecule has 0 aromatic rings. The fraction of sp³-hybridized carbons (Fsp3) is 0.800. The molecule has 0 aromatic heterocycles. The summed E-state index contributed by atoms with van der Waals surface area (Å²) in [6.07, 6.45) is 14.6. The van der Waals surface area contributed by atoms with Crippen LogP contribution < -0.4 is 5.32 Å². The Labute approximate surface area is 145 Å². The fourth-order valence-corrected chi connectivity index (χ4v) is 5.26. The van der Waals surface area contributed by atoms with E-state index in [-0.39, 0.29) is 17.7 Å². The molecule has 1 heterocycles. The van der Waals surface area contributed by atoms with E-state index in [2.05, 4.69) is 17.5 Å². The third-order valence-corrected chi connectivity index (χ3v) is 6.65. The van der Waals surface area contributed by atoms with Crippen molar-refractivity contribution in [3.05, 3.63) is 12.2 Å². The molecule has 1 aliphatic heterocycles. The highest BCUT2D eigenvalue weighted by Gasteiger charge is 2.42. The van der Waals surface area contributed by atoms with Crippen molar-refractivity contribution in [1.29, 1.82) is 0 Å². The van der Waals surface area contributed by atoms with E-state index >= 15 is 0 Å². The van der Waals surface area contributed by atoms with E-state index < -0.39 is 0 Å². The van der Waals surface area contributed by atoms with Gasteiger partial charge in [-0.1, -0.05) is 31.4 Å². The molecule has 2 bridgehead atoms. The molecule has 0 spiro atoms. The van der Waals surface area contributed by atoms with E-state index in [9.17, 15) is 9.59 Å². The van der Waals surface area contributed by atoms with Crippen LogP contribution in [0.1, 0.15) is 57.8 Å². The van der Waals surface area contributed by atoms with Crippen LogP contribution in [0.25, 0.3) is 0 Å². The van der Waals surface area contributed by atoms with Gasteiger partial charge >= 0.3 is 0 Å². The Morgan fingerprint density at radius 1 is 0.958 bits per heavy atom. The van der Waals surface area contributed by atoms with Gasteiger partial charge in [0.05, 0.1) is 5.92 Å². The summed E-state index contributed by atoms with van der Waals surface area (Å²) >= 11 is 0. The standard InChI is InChI=1S/C20H30N2O2/c23-19(21-17-6-2-1-3-7-17)16-5-4-10-22(13-16)20(24)18-12-14-8-9-15(18)11-14/h8-9,14-18H,1-7,10-13H2,(H,21,23)/t14-,15-,16+,18-/m0/s1. The summed E-state index contributed by atoms with van der Waals surface area (Å²) in [6.45, 7) is 1.47. The number of hydrogen-bond donors (Lipinski definition) is 1. The normalized spacial score (nSPS) is 36.1. The number of amides is 2. The summed E-state index contributed by atoms with van der Waals surface area (Å²) in [6, 6.07) is 0.369. The molecule has 3 aliphatic carbocycles. The lowest BCUT2D eigenvalue weighted by molar-refractivity contribution is -0.140. The molecule has 3 fully saturated rings. The third kappa shape index (κ3) is 3.25. The average Bonchev–Trinajstić information content (AvgIpc) is 3.25. The first-order valence-electron chi connectivity index (χ1n) is 9.98. The topological polar surface area (TPSA) is 49.4 Å². The number of carbonyl (C=O) groups is 2. The van der Waals surface area contributed by atoms with Gasteiger partial charge in [0, 0.05) is 25.0 Å². The quantitative estimate of drug-likeness (QED) is 0.809. The highest BCUT2D eigenvalue weighted by molar-refractivity contribution is 5.83. The minimum Gasteiger partial charge on any atom is -0.353 e. The van der Waals surface area contributed by atoms with Crippen molar-refractivity contribution in [2.24, 2.45) is 23.7 Å². The second-order valence-electron chi connectivity index (χ2n) is 8.35. The van der Waals surface area contributed by atoms with Gasteiger partial charge in [-0.15, -0.1) is 0 Å². The second kappa shape index (κ2) is 6.89. The number of rotatable bonds is 3. The highest BCUT2D eigenvalue weighted by atomic mass is 16.2. The predicted octanol–water partition coefficient (Wildman–Crippen LogP) is 2.89. The summed E-state index contributed by atoms with van der Waals surface area (Å²) in [4.78, 5) is 27.5. The molecule has 0 aromatic carbocycles. The van der Waals surface area contributed by atoms with E-state index in [1.54, 1.807) is 0 Å². The SMILES string of the molecule is O=C(NC1CCCCC1)[C@@H]1CCCN(C(=O)[C@H]2C[C@H]3C=C[C@H]2C3)C1. The van der Waals surface area contributed by atoms with Gasteiger partial charge in [0.2, 0.25) is 11.8 Å². The molecule has 4 aliphatic rings. The van der Waals surface area contributed by atoms with Crippen LogP contribution in [0.4, 0.5) is 0 Å². The molecule has 2 amide bonds. The molecule has 4 nitrogen and oxygen atoms in total. The summed E-state index contributed by atoms with van der Waals surface area (Å²) < 4.78 is 0. The van der Waals surface area contributed by atoms with Gasteiger partial charge in [0.25, 0.3) is 0 Å². The van der Waals surface area contributed by atoms with E-state index in [0.717, 1.165) is 45.1 Å². The Morgan fingerprint density at radius 3 is 2.50 bits per heavy atom. The predicted molar refractivity (Wildman–Crippen MR) is 93.2 cm³/mol. The van der Waals surface area contributed by atoms with Crippen molar-refractivity contribution in [2.45, 2.75) is 63.8 Å². The maximum absolute atomic E-state index is 12.9. The Hall–Kier alpha value is -1.32. The monoisotopic (exact) mass is 330 g/mol. The maximum Gasteiger partial charge on any atom is 0.226 e. The van der Waals surface area contributed by atoms with Crippen molar-refractivity contribution in [1.82, 2.24) is 10.2 Å². The fourth-order valence-electron chi connectivity index (χ4n) is 5.26. The van der Waals surface area contributed by atoms with Crippen LogP contribution >= 0.6 is 0 Å². The van der Waals surface area contributed by atoms with Crippen molar-refractivity contribution < 1.29 is 9.59 Å². The van der Waals surface area contributed by atoms with Crippen LogP contribution in [0.3, 0.4) is 0 Å². The van der Waals surface area contributed by atoms with Gasteiger partial charge in [-0.3, -0.25) is 9.59 Å². The van der Waals surface area contributed by atoms with Crippen molar-refractivity contribution >= 4 is 11.8 Å². The number of piperidine rings is 1. The minimum atomic E-state index is -0.00115. The van der Waals surface area contributed by atoms with Crippen LogP contribution in [-0.4, -0.2) is 35.8 Å². The van der Waals surface area contributed by atoms with Crippen LogP contribution in [0.15, 0.2) is 12.2 Å². The lowest BCUT2D eigenvalue weighted by Crippen LogP contribution is -2.49. The molecule has 4 rings (SSSR count). The van der Waals surface area contributed by atoms with Crippen molar-refractivity contribution in [2.75, 3.05) is 13.1 Å². The van der Waals surface area contributed by atoms with Gasteiger partial charge in [-0.05, 0) is 50.4 Å². The van der Waals surface area contributed by atoms with E-state index in [4.69, 9.17) is 0 Å². The van der Waals surface area contributed by atoms with E-state index in [0.29, 0.717) is 30.3 Å². The zero-order valence-corrected chi connectivity index (χ0v) is 14.6. The minimum absolute atomic E-state index is 0.00115. The zero-order valence-electron chi connectivity index (χ0n) is 14.6. The number of fused-ring (bicyclic) bond motifs is 2. The zero-order chi connectivity index (χ0) is 16.5. The first-order chi connectivity index (χ1) is 11.7. The van der Waals surface area contributed by atoms with Crippen LogP contribution in [0.5, 0.6) is 0 Å². The first kappa shape index (κ1) is 16.2. The third-order valence-electron chi connectivity index (χ3n) is 6.65. The molecular formula is C20H30N2O2. The Morgan fingerprint density at radius 2 is 1.79 bits per heavy atom. The van der Waals surface area contributed by atoms with Crippen molar-refractivity contribution in [3.8, 4) is 0 Å². The second-order valence-corrected chi connectivity index (χ2v) is 8.35. The first-order valence-corrected chi connectivity index (χ1v) is 9.98. The van der Waals surface area contributed by atoms with E-state index in [1.807, 2.05) is 4.90 Å². The van der Waals surface area contributed by atoms with Crippen LogP contribution in [0, 0.1) is 23.7 Å². The number of hydrogen-bond acceptors (Lipinski definition) is 2. The number of nitrogens with zero attached hydrogens (tertiary/aromatic N) is 1. The Balaban J connectivity index is 1.32. The van der Waals surface area contributed by atoms with Gasteiger partial charge in [-0.25, -0.2) is 0 Å². The molecule has 4 atom stereocenters. The molecule has 0 unspecified atom stereocenters. The van der Waals surface area contributed by atoms with Gasteiger partial charge < -0.3 is 10.2 Å². The number of carbonyl (C=O) groups excluding carboxylic acids is 2. The Bertz CT molecular complexity index is 524. The van der Waals surface area contributed by atoms with Gasteiger partial charge in [-0.2, -0.15) is 0 Å². The van der Waals surface area contributed by atoms with Gasteiger partial charge in [0.1, 0.15) is 0 Å². The largest absolute Gasteiger partial charge is 0.353 e.